The van der Waals surface area contributed by atoms with Crippen molar-refractivity contribution in [3.8, 4) is 0 Å². The molecule has 1 N–H and O–H groups in total. The number of nitrogens with one attached hydrogen (secondary N) is 1. The number of nitrogens with zero attached hydrogens (tertiary/aromatic N) is 4. The van der Waals surface area contributed by atoms with E-state index >= 15 is 0 Å². The van der Waals surface area contributed by atoms with Gasteiger partial charge in [0.15, 0.2) is 5.96 Å². The van der Waals surface area contributed by atoms with Crippen molar-refractivity contribution in [2.75, 3.05) is 33.2 Å². The molecule has 1 saturated heterocycles. The SMILES string of the molecule is CN=C(NCc1cccs1)N1CCN(S(=O)(=O)Cc2ccon2)CC1. The molecule has 8 nitrogen and oxygen atoms in total. The molecule has 0 aliphatic carbocycles. The Morgan fingerprint density at radius 1 is 1.36 bits per heavy atom. The molecule has 1 fully saturated rings. The molecule has 0 spiro atoms. The molecule has 0 aromatic carbocycles. The van der Waals surface area contributed by atoms with E-state index in [4.69, 9.17) is 4.52 Å². The molecule has 0 unspecified atom stereocenters. The maximum Gasteiger partial charge on any atom is 0.220 e. The highest BCUT2D eigenvalue weighted by molar-refractivity contribution is 7.88. The van der Waals surface area contributed by atoms with Crippen LogP contribution in [0, 0.1) is 0 Å². The zero-order chi connectivity index (χ0) is 17.7. The molecule has 1 aliphatic heterocycles. The second kappa shape index (κ2) is 7.98. The summed E-state index contributed by atoms with van der Waals surface area (Å²) in [6.07, 6.45) is 1.38. The average Bonchev–Trinajstić information content (AvgIpc) is 3.29. The van der Waals surface area contributed by atoms with Crippen LogP contribution in [0.3, 0.4) is 0 Å². The average molecular weight is 383 g/mol. The normalized spacial score (nSPS) is 17.0. The topological polar surface area (TPSA) is 91.0 Å². The van der Waals surface area contributed by atoms with E-state index in [1.54, 1.807) is 24.5 Å². The molecule has 25 heavy (non-hydrogen) atoms. The highest BCUT2D eigenvalue weighted by Crippen LogP contribution is 2.13. The smallest absolute Gasteiger partial charge is 0.220 e. The van der Waals surface area contributed by atoms with E-state index < -0.39 is 10.0 Å². The third-order valence-corrected chi connectivity index (χ3v) is 6.65. The molecule has 2 aromatic heterocycles. The Labute approximate surface area is 151 Å². The summed E-state index contributed by atoms with van der Waals surface area (Å²) < 4.78 is 31.1. The highest BCUT2D eigenvalue weighted by Gasteiger charge is 2.28. The summed E-state index contributed by atoms with van der Waals surface area (Å²) in [6, 6.07) is 5.66. The van der Waals surface area contributed by atoms with Crippen LogP contribution >= 0.6 is 11.3 Å². The Morgan fingerprint density at radius 2 is 2.16 bits per heavy atom. The maximum absolute atomic E-state index is 12.5. The molecular formula is C15H21N5O3S2. The van der Waals surface area contributed by atoms with Crippen LogP contribution in [0.4, 0.5) is 0 Å². The number of hydrogen-bond acceptors (Lipinski definition) is 6. The van der Waals surface area contributed by atoms with E-state index in [-0.39, 0.29) is 5.75 Å². The molecule has 0 saturated carbocycles. The van der Waals surface area contributed by atoms with E-state index in [1.807, 2.05) is 11.4 Å². The van der Waals surface area contributed by atoms with Gasteiger partial charge in [-0.05, 0) is 11.4 Å². The van der Waals surface area contributed by atoms with Gasteiger partial charge in [0.25, 0.3) is 0 Å². The first-order valence-corrected chi connectivity index (χ1v) is 10.4. The molecular weight excluding hydrogens is 362 g/mol. The van der Waals surface area contributed by atoms with Crippen LogP contribution in [0.2, 0.25) is 0 Å². The summed E-state index contributed by atoms with van der Waals surface area (Å²) in [6.45, 7) is 2.78. The summed E-state index contributed by atoms with van der Waals surface area (Å²) in [7, 11) is -1.64. The first kappa shape index (κ1) is 17.9. The lowest BCUT2D eigenvalue weighted by Gasteiger charge is -2.35. The van der Waals surface area contributed by atoms with Gasteiger partial charge in [-0.2, -0.15) is 4.31 Å². The van der Waals surface area contributed by atoms with Gasteiger partial charge >= 0.3 is 0 Å². The zero-order valence-electron chi connectivity index (χ0n) is 14.0. The van der Waals surface area contributed by atoms with Crippen LogP contribution < -0.4 is 5.32 Å². The van der Waals surface area contributed by atoms with Gasteiger partial charge in [0.05, 0.1) is 12.2 Å². The molecule has 10 heteroatoms. The fraction of sp³-hybridized carbons (Fsp3) is 0.467. The highest BCUT2D eigenvalue weighted by atomic mass is 32.2. The summed E-state index contributed by atoms with van der Waals surface area (Å²) >= 11 is 1.69. The molecule has 3 heterocycles. The maximum atomic E-state index is 12.5. The molecule has 3 rings (SSSR count). The number of rotatable bonds is 5. The lowest BCUT2D eigenvalue weighted by Crippen LogP contribution is -2.53. The first-order valence-electron chi connectivity index (χ1n) is 7.93. The number of aliphatic imine (C=N–C) groups is 1. The van der Waals surface area contributed by atoms with Crippen LogP contribution in [-0.2, 0) is 22.3 Å². The van der Waals surface area contributed by atoms with E-state index in [0.717, 1.165) is 12.5 Å². The van der Waals surface area contributed by atoms with Gasteiger partial charge in [-0.15, -0.1) is 11.3 Å². The zero-order valence-corrected chi connectivity index (χ0v) is 15.6. The number of aromatic nitrogens is 1. The number of hydrogen-bond donors (Lipinski definition) is 1. The Bertz CT molecular complexity index is 779. The van der Waals surface area contributed by atoms with Crippen LogP contribution in [0.5, 0.6) is 0 Å². The third-order valence-electron chi connectivity index (χ3n) is 3.97. The summed E-state index contributed by atoms with van der Waals surface area (Å²) in [5.41, 5.74) is 0.427. The second-order valence-electron chi connectivity index (χ2n) is 5.61. The number of sulfonamides is 1. The van der Waals surface area contributed by atoms with Gasteiger partial charge < -0.3 is 14.7 Å². The van der Waals surface area contributed by atoms with E-state index in [1.165, 1.54) is 15.4 Å². The van der Waals surface area contributed by atoms with Gasteiger partial charge in [-0.3, -0.25) is 4.99 Å². The van der Waals surface area contributed by atoms with Crippen LogP contribution in [0.25, 0.3) is 0 Å². The Kier molecular flexibility index (Phi) is 5.71. The molecule has 0 atom stereocenters. The Morgan fingerprint density at radius 3 is 2.76 bits per heavy atom. The molecule has 136 valence electrons. The molecule has 2 aromatic rings. The van der Waals surface area contributed by atoms with Crippen molar-refractivity contribution in [1.82, 2.24) is 19.7 Å². The van der Waals surface area contributed by atoms with Gasteiger partial charge in [-0.1, -0.05) is 11.2 Å². The predicted octanol–water partition coefficient (Wildman–Crippen LogP) is 0.959. The van der Waals surface area contributed by atoms with Crippen molar-refractivity contribution in [2.24, 2.45) is 4.99 Å². The largest absolute Gasteiger partial charge is 0.364 e. The number of guanidine groups is 1. The van der Waals surface area contributed by atoms with Crippen LogP contribution in [0.1, 0.15) is 10.6 Å². The molecule has 0 bridgehead atoms. The van der Waals surface area contributed by atoms with E-state index in [9.17, 15) is 8.42 Å². The minimum absolute atomic E-state index is 0.130. The van der Waals surface area contributed by atoms with Crippen molar-refractivity contribution in [1.29, 1.82) is 0 Å². The minimum atomic E-state index is -3.38. The standard InChI is InChI=1S/C15H21N5O3S2/c1-16-15(17-11-14-3-2-10-24-14)19-5-7-20(8-6-19)25(21,22)12-13-4-9-23-18-13/h2-4,9-10H,5-8,11-12H2,1H3,(H,16,17). The number of piperazine rings is 1. The molecule has 1 aliphatic rings. The Hall–Kier alpha value is -1.91. The van der Waals surface area contributed by atoms with Gasteiger partial charge in [0, 0.05) is 44.2 Å². The third kappa shape index (κ3) is 4.59. The van der Waals surface area contributed by atoms with Crippen molar-refractivity contribution in [3.05, 3.63) is 40.4 Å². The van der Waals surface area contributed by atoms with E-state index in [2.05, 4.69) is 26.4 Å². The first-order chi connectivity index (χ1) is 12.1. The summed E-state index contributed by atoms with van der Waals surface area (Å²) in [5.74, 6) is 0.663. The van der Waals surface area contributed by atoms with Gasteiger partial charge in [0.2, 0.25) is 10.0 Å². The molecule has 0 amide bonds. The summed E-state index contributed by atoms with van der Waals surface area (Å²) in [4.78, 5) is 7.62. The van der Waals surface area contributed by atoms with Crippen molar-refractivity contribution in [3.63, 3.8) is 0 Å². The van der Waals surface area contributed by atoms with E-state index in [0.29, 0.717) is 31.9 Å². The quantitative estimate of drug-likeness (QED) is 0.611. The number of thiophene rings is 1. The van der Waals surface area contributed by atoms with Gasteiger partial charge in [-0.25, -0.2) is 8.42 Å². The molecule has 0 radical (unpaired) electrons. The fourth-order valence-electron chi connectivity index (χ4n) is 2.68. The predicted molar refractivity (Wildman–Crippen MR) is 96.8 cm³/mol. The lowest BCUT2D eigenvalue weighted by atomic mass is 10.4. The second-order valence-corrected chi connectivity index (χ2v) is 8.61. The van der Waals surface area contributed by atoms with Crippen molar-refractivity contribution in [2.45, 2.75) is 12.3 Å². The van der Waals surface area contributed by atoms with Crippen LogP contribution in [0.15, 0.2) is 39.4 Å². The van der Waals surface area contributed by atoms with Crippen molar-refractivity contribution < 1.29 is 12.9 Å². The summed E-state index contributed by atoms with van der Waals surface area (Å²) in [5, 5.41) is 9.05. The fourth-order valence-corrected chi connectivity index (χ4v) is 4.75. The minimum Gasteiger partial charge on any atom is -0.364 e. The Balaban J connectivity index is 1.53. The van der Waals surface area contributed by atoms with Crippen molar-refractivity contribution >= 4 is 27.3 Å². The van der Waals surface area contributed by atoms with Gasteiger partial charge in [0.1, 0.15) is 12.0 Å². The van der Waals surface area contributed by atoms with Crippen LogP contribution in [-0.4, -0.2) is 62.0 Å². The monoisotopic (exact) mass is 383 g/mol. The lowest BCUT2D eigenvalue weighted by molar-refractivity contribution is 0.260.